The van der Waals surface area contributed by atoms with Gasteiger partial charge >= 0.3 is 12.0 Å². The number of ether oxygens (including phenoxy) is 1. The fourth-order valence-corrected chi connectivity index (χ4v) is 2.01. The molecule has 1 aromatic rings. The van der Waals surface area contributed by atoms with E-state index in [1.165, 1.54) is 12.0 Å². The molecule has 0 bridgehead atoms. The van der Waals surface area contributed by atoms with Gasteiger partial charge in [0.05, 0.1) is 6.61 Å². The quantitative estimate of drug-likeness (QED) is 0.681. The van der Waals surface area contributed by atoms with Crippen LogP contribution in [-0.4, -0.2) is 43.4 Å². The summed E-state index contributed by atoms with van der Waals surface area (Å²) in [4.78, 5) is 23.4. The number of hydrogen-bond acceptors (Lipinski definition) is 4. The van der Waals surface area contributed by atoms with Crippen molar-refractivity contribution >= 4 is 23.3 Å². The molecule has 0 saturated carbocycles. The molecule has 0 saturated heterocycles. The first-order chi connectivity index (χ1) is 8.63. The highest BCUT2D eigenvalue weighted by molar-refractivity contribution is 7.09. The third kappa shape index (κ3) is 5.15. The van der Waals surface area contributed by atoms with Crippen LogP contribution in [0.3, 0.4) is 0 Å². The summed E-state index contributed by atoms with van der Waals surface area (Å²) >= 11 is 1.62. The molecule has 7 heteroatoms. The monoisotopic (exact) mass is 272 g/mol. The number of aliphatic carboxylic acids is 1. The van der Waals surface area contributed by atoms with E-state index in [-0.39, 0.29) is 6.61 Å². The molecular formula is C11H16N2O4S. The Bertz CT molecular complexity index is 380. The first-order valence-corrected chi connectivity index (χ1v) is 6.30. The number of carbonyl (C=O) groups excluding carboxylic acids is 1. The average molecular weight is 272 g/mol. The summed E-state index contributed by atoms with van der Waals surface area (Å²) in [6, 6.07) is 2.39. The van der Waals surface area contributed by atoms with Gasteiger partial charge in [0, 0.05) is 18.5 Å². The summed E-state index contributed by atoms with van der Waals surface area (Å²) in [6.45, 7) is 0.402. The lowest BCUT2D eigenvalue weighted by atomic mass is 10.3. The lowest BCUT2D eigenvalue weighted by Crippen LogP contribution is -2.48. The van der Waals surface area contributed by atoms with Crippen molar-refractivity contribution in [1.82, 2.24) is 10.6 Å². The van der Waals surface area contributed by atoms with Gasteiger partial charge in [-0.2, -0.15) is 0 Å². The van der Waals surface area contributed by atoms with E-state index in [1.54, 1.807) is 11.3 Å². The standard InChI is InChI=1S/C11H16N2O4S/c1-17-7-9(10(14)15)13-11(16)12-5-4-8-3-2-6-18-8/h2-3,6,9H,4-5,7H2,1H3,(H,14,15)(H2,12,13,16). The van der Waals surface area contributed by atoms with Crippen LogP contribution in [-0.2, 0) is 16.0 Å². The maximum atomic E-state index is 11.4. The third-order valence-corrected chi connectivity index (χ3v) is 3.11. The van der Waals surface area contributed by atoms with Crippen LogP contribution >= 0.6 is 11.3 Å². The number of carbonyl (C=O) groups is 2. The van der Waals surface area contributed by atoms with Gasteiger partial charge in [-0.05, 0) is 17.9 Å². The molecule has 1 aromatic heterocycles. The van der Waals surface area contributed by atoms with Crippen LogP contribution in [0.4, 0.5) is 4.79 Å². The minimum absolute atomic E-state index is 0.0618. The van der Waals surface area contributed by atoms with Crippen LogP contribution in [0.1, 0.15) is 4.88 Å². The second kappa shape index (κ2) is 7.67. The van der Waals surface area contributed by atoms with Crippen molar-refractivity contribution in [1.29, 1.82) is 0 Å². The highest BCUT2D eigenvalue weighted by atomic mass is 32.1. The Hall–Kier alpha value is -1.60. The van der Waals surface area contributed by atoms with Crippen LogP contribution in [0.5, 0.6) is 0 Å². The molecule has 0 fully saturated rings. The second-order valence-electron chi connectivity index (χ2n) is 3.58. The topological polar surface area (TPSA) is 87.7 Å². The Morgan fingerprint density at radius 2 is 2.33 bits per heavy atom. The van der Waals surface area contributed by atoms with E-state index in [0.29, 0.717) is 6.54 Å². The maximum absolute atomic E-state index is 11.4. The smallest absolute Gasteiger partial charge is 0.328 e. The Balaban J connectivity index is 2.25. The SMILES string of the molecule is COCC(NC(=O)NCCc1cccs1)C(=O)O. The van der Waals surface area contributed by atoms with Crippen LogP contribution in [0.2, 0.25) is 0 Å². The third-order valence-electron chi connectivity index (χ3n) is 2.17. The zero-order valence-corrected chi connectivity index (χ0v) is 10.8. The van der Waals surface area contributed by atoms with E-state index in [9.17, 15) is 9.59 Å². The maximum Gasteiger partial charge on any atom is 0.328 e. The van der Waals surface area contributed by atoms with E-state index in [4.69, 9.17) is 9.84 Å². The molecule has 2 amide bonds. The van der Waals surface area contributed by atoms with Crippen LogP contribution in [0.15, 0.2) is 17.5 Å². The number of thiophene rings is 1. The van der Waals surface area contributed by atoms with Gasteiger partial charge in [0.2, 0.25) is 0 Å². The van der Waals surface area contributed by atoms with E-state index in [1.807, 2.05) is 17.5 Å². The molecule has 0 aliphatic carbocycles. The highest BCUT2D eigenvalue weighted by Crippen LogP contribution is 2.07. The molecule has 0 radical (unpaired) electrons. The van der Waals surface area contributed by atoms with Crippen molar-refractivity contribution in [3.8, 4) is 0 Å². The van der Waals surface area contributed by atoms with Gasteiger partial charge in [0.25, 0.3) is 0 Å². The summed E-state index contributed by atoms with van der Waals surface area (Å²) in [6.07, 6.45) is 0.729. The van der Waals surface area contributed by atoms with E-state index < -0.39 is 18.0 Å². The fourth-order valence-electron chi connectivity index (χ4n) is 1.30. The number of amides is 2. The van der Waals surface area contributed by atoms with Gasteiger partial charge in [-0.25, -0.2) is 9.59 Å². The van der Waals surface area contributed by atoms with Gasteiger partial charge in [-0.15, -0.1) is 11.3 Å². The summed E-state index contributed by atoms with van der Waals surface area (Å²) in [5.74, 6) is -1.12. The number of methoxy groups -OCH3 is 1. The van der Waals surface area contributed by atoms with Crippen molar-refractivity contribution in [2.75, 3.05) is 20.3 Å². The second-order valence-corrected chi connectivity index (χ2v) is 4.61. The summed E-state index contributed by atoms with van der Waals surface area (Å²) in [5.41, 5.74) is 0. The molecule has 1 atom stereocenters. The van der Waals surface area contributed by atoms with Crippen LogP contribution in [0.25, 0.3) is 0 Å². The zero-order valence-electron chi connectivity index (χ0n) is 10.0. The Morgan fingerprint density at radius 1 is 1.56 bits per heavy atom. The van der Waals surface area contributed by atoms with E-state index >= 15 is 0 Å². The molecule has 100 valence electrons. The minimum Gasteiger partial charge on any atom is -0.480 e. The Kier molecular flexibility index (Phi) is 6.16. The molecule has 18 heavy (non-hydrogen) atoms. The van der Waals surface area contributed by atoms with Crippen LogP contribution in [0, 0.1) is 0 Å². The van der Waals surface area contributed by atoms with Crippen molar-refractivity contribution in [2.24, 2.45) is 0 Å². The molecule has 0 aliphatic heterocycles. The molecule has 0 aliphatic rings. The lowest BCUT2D eigenvalue weighted by molar-refractivity contribution is -0.140. The molecule has 0 spiro atoms. The minimum atomic E-state index is -1.12. The van der Waals surface area contributed by atoms with E-state index in [2.05, 4.69) is 10.6 Å². The number of carboxylic acids is 1. The highest BCUT2D eigenvalue weighted by Gasteiger charge is 2.19. The summed E-state index contributed by atoms with van der Waals surface area (Å²) < 4.78 is 4.71. The van der Waals surface area contributed by atoms with Crippen molar-refractivity contribution in [2.45, 2.75) is 12.5 Å². The van der Waals surface area contributed by atoms with Gasteiger partial charge in [0.15, 0.2) is 6.04 Å². The summed E-state index contributed by atoms with van der Waals surface area (Å²) in [5, 5.41) is 15.7. The molecule has 0 aromatic carbocycles. The molecular weight excluding hydrogens is 256 g/mol. The number of carboxylic acid groups (broad SMARTS) is 1. The number of urea groups is 1. The predicted octanol–water partition coefficient (Wildman–Crippen LogP) is 0.689. The van der Waals surface area contributed by atoms with Gasteiger partial charge in [-0.3, -0.25) is 0 Å². The van der Waals surface area contributed by atoms with Gasteiger partial charge in [0.1, 0.15) is 0 Å². The zero-order chi connectivity index (χ0) is 13.4. The first kappa shape index (κ1) is 14.5. The molecule has 3 N–H and O–H groups in total. The van der Waals surface area contributed by atoms with Crippen molar-refractivity contribution in [3.05, 3.63) is 22.4 Å². The number of rotatable bonds is 7. The normalized spacial score (nSPS) is 11.8. The summed E-state index contributed by atoms with van der Waals surface area (Å²) in [7, 11) is 1.38. The van der Waals surface area contributed by atoms with Crippen molar-refractivity contribution in [3.63, 3.8) is 0 Å². The lowest BCUT2D eigenvalue weighted by Gasteiger charge is -2.13. The van der Waals surface area contributed by atoms with Crippen molar-refractivity contribution < 1.29 is 19.4 Å². The number of hydrogen-bond donors (Lipinski definition) is 3. The first-order valence-electron chi connectivity index (χ1n) is 5.42. The van der Waals surface area contributed by atoms with E-state index in [0.717, 1.165) is 6.42 Å². The molecule has 6 nitrogen and oxygen atoms in total. The fraction of sp³-hybridized carbons (Fsp3) is 0.455. The van der Waals surface area contributed by atoms with Gasteiger partial charge in [-0.1, -0.05) is 6.07 Å². The van der Waals surface area contributed by atoms with Crippen LogP contribution < -0.4 is 10.6 Å². The average Bonchev–Trinajstić information content (AvgIpc) is 2.81. The largest absolute Gasteiger partial charge is 0.480 e. The number of nitrogens with one attached hydrogen (secondary N) is 2. The molecule has 1 unspecified atom stereocenters. The van der Waals surface area contributed by atoms with Gasteiger partial charge < -0.3 is 20.5 Å². The Labute approximate surface area is 109 Å². The molecule has 1 heterocycles. The molecule has 1 rings (SSSR count). The Morgan fingerprint density at radius 3 is 2.89 bits per heavy atom. The predicted molar refractivity (Wildman–Crippen MR) is 67.9 cm³/mol.